The van der Waals surface area contributed by atoms with Crippen molar-refractivity contribution in [2.75, 3.05) is 46.5 Å². The zero-order valence-electron chi connectivity index (χ0n) is 22.6. The van der Waals surface area contributed by atoms with Crippen molar-refractivity contribution in [1.29, 1.82) is 0 Å². The van der Waals surface area contributed by atoms with E-state index in [-0.39, 0.29) is 18.9 Å². The molecule has 1 aromatic carbocycles. The van der Waals surface area contributed by atoms with Crippen LogP contribution < -0.4 is 26.0 Å². The largest absolute Gasteiger partial charge is 0.495 e. The predicted molar refractivity (Wildman–Crippen MR) is 144 cm³/mol. The Hall–Kier alpha value is -2.89. The molecule has 4 amide bonds. The quantitative estimate of drug-likeness (QED) is 0.256. The van der Waals surface area contributed by atoms with Crippen molar-refractivity contribution in [2.45, 2.75) is 52.2 Å². The number of morpholine rings is 1. The van der Waals surface area contributed by atoms with Crippen LogP contribution >= 0.6 is 11.6 Å². The number of carbonyl (C=O) groups is 4. The second-order valence-electron chi connectivity index (χ2n) is 9.48. The van der Waals surface area contributed by atoms with Gasteiger partial charge in [0.2, 0.25) is 11.7 Å². The molecule has 4 N–H and O–H groups in total. The molecule has 0 aromatic heterocycles. The Labute approximate surface area is 229 Å². The summed E-state index contributed by atoms with van der Waals surface area (Å²) in [5.41, 5.74) is 0.610. The second kappa shape index (κ2) is 16.2. The van der Waals surface area contributed by atoms with Crippen molar-refractivity contribution in [2.24, 2.45) is 5.92 Å². The molecule has 1 fully saturated rings. The maximum absolute atomic E-state index is 13.0. The Morgan fingerprint density at radius 3 is 2.42 bits per heavy atom. The third-order valence-corrected chi connectivity index (χ3v) is 6.40. The van der Waals surface area contributed by atoms with Crippen LogP contribution in [-0.4, -0.2) is 87.1 Å². The molecule has 38 heavy (non-hydrogen) atoms. The first-order valence-corrected chi connectivity index (χ1v) is 13.3. The van der Waals surface area contributed by atoms with Crippen LogP contribution in [0.5, 0.6) is 5.75 Å². The number of urea groups is 1. The molecule has 0 spiro atoms. The Bertz CT molecular complexity index is 954. The molecule has 0 aliphatic carbocycles. The van der Waals surface area contributed by atoms with Gasteiger partial charge >= 0.3 is 6.03 Å². The number of ketones is 1. The van der Waals surface area contributed by atoms with Crippen molar-refractivity contribution in [3.8, 4) is 5.75 Å². The first-order chi connectivity index (χ1) is 18.2. The number of hydrogen-bond donors (Lipinski definition) is 4. The van der Waals surface area contributed by atoms with Crippen LogP contribution in [0.1, 0.15) is 39.2 Å². The lowest BCUT2D eigenvalue weighted by Crippen LogP contribution is -2.55. The topological polar surface area (TPSA) is 138 Å². The molecule has 1 aromatic rings. The van der Waals surface area contributed by atoms with E-state index in [0.717, 1.165) is 13.1 Å². The van der Waals surface area contributed by atoms with Crippen LogP contribution in [0.25, 0.3) is 0 Å². The van der Waals surface area contributed by atoms with E-state index >= 15 is 0 Å². The number of nitrogens with one attached hydrogen (secondary N) is 4. The summed E-state index contributed by atoms with van der Waals surface area (Å²) in [5, 5.41) is 11.1. The molecular weight excluding hydrogens is 514 g/mol. The van der Waals surface area contributed by atoms with Crippen molar-refractivity contribution >= 4 is 35.2 Å². The number of amides is 4. The van der Waals surface area contributed by atoms with E-state index in [1.807, 2.05) is 13.8 Å². The summed E-state index contributed by atoms with van der Waals surface area (Å²) in [6.45, 7) is 9.66. The minimum Gasteiger partial charge on any atom is -0.495 e. The van der Waals surface area contributed by atoms with Gasteiger partial charge in [0.25, 0.3) is 5.91 Å². The van der Waals surface area contributed by atoms with Gasteiger partial charge in [-0.05, 0) is 24.8 Å². The number of para-hydroxylation sites is 1. The van der Waals surface area contributed by atoms with Crippen LogP contribution in [0.15, 0.2) is 18.2 Å². The Kier molecular flexibility index (Phi) is 13.3. The molecule has 2 atom stereocenters. The summed E-state index contributed by atoms with van der Waals surface area (Å²) in [6.07, 6.45) is 0.576. The van der Waals surface area contributed by atoms with E-state index in [1.54, 1.807) is 25.1 Å². The molecule has 0 saturated carbocycles. The fourth-order valence-corrected chi connectivity index (χ4v) is 4.30. The van der Waals surface area contributed by atoms with Crippen LogP contribution in [0, 0.1) is 5.92 Å². The Balaban J connectivity index is 1.91. The molecule has 0 radical (unpaired) electrons. The summed E-state index contributed by atoms with van der Waals surface area (Å²) in [5.74, 6) is -1.63. The van der Waals surface area contributed by atoms with Crippen molar-refractivity contribution in [1.82, 2.24) is 26.2 Å². The molecule has 0 bridgehead atoms. The number of nitrogens with zero attached hydrogens (tertiary/aromatic N) is 1. The van der Waals surface area contributed by atoms with Gasteiger partial charge in [-0.3, -0.25) is 19.3 Å². The Morgan fingerprint density at radius 2 is 1.79 bits per heavy atom. The van der Waals surface area contributed by atoms with Crippen molar-refractivity contribution in [3.63, 3.8) is 0 Å². The SMILES string of the molecule is CCC(NC(=O)C(CC(C)C)NC(=O)NCCN1CCOCC1)C(=O)C(=O)NCc1cccc(Cl)c1OC. The van der Waals surface area contributed by atoms with Gasteiger partial charge in [-0.15, -0.1) is 0 Å². The predicted octanol–water partition coefficient (Wildman–Crippen LogP) is 1.47. The first kappa shape index (κ1) is 31.3. The molecule has 1 saturated heterocycles. The maximum Gasteiger partial charge on any atom is 0.315 e. The summed E-state index contributed by atoms with van der Waals surface area (Å²) in [6, 6.07) is 2.73. The zero-order valence-corrected chi connectivity index (χ0v) is 23.4. The van der Waals surface area contributed by atoms with Gasteiger partial charge < -0.3 is 30.7 Å². The normalized spacial score (nSPS) is 15.3. The lowest BCUT2D eigenvalue weighted by molar-refractivity contribution is -0.140. The summed E-state index contributed by atoms with van der Waals surface area (Å²) in [7, 11) is 1.46. The number of Topliss-reactive ketones (excluding diaryl/α,β-unsaturated/α-hetero) is 1. The molecular formula is C26H40ClN5O6. The molecule has 1 heterocycles. The zero-order chi connectivity index (χ0) is 28.1. The van der Waals surface area contributed by atoms with Gasteiger partial charge in [0.15, 0.2) is 0 Å². The van der Waals surface area contributed by atoms with Crippen LogP contribution in [0.2, 0.25) is 5.02 Å². The maximum atomic E-state index is 13.0. The van der Waals surface area contributed by atoms with Gasteiger partial charge in [-0.1, -0.05) is 44.5 Å². The first-order valence-electron chi connectivity index (χ1n) is 12.9. The van der Waals surface area contributed by atoms with Crippen molar-refractivity contribution in [3.05, 3.63) is 28.8 Å². The molecule has 11 nitrogen and oxygen atoms in total. The van der Waals surface area contributed by atoms with Crippen LogP contribution in [-0.2, 0) is 25.7 Å². The minimum absolute atomic E-state index is 0.0286. The fraction of sp³-hybridized carbons (Fsp3) is 0.615. The average Bonchev–Trinajstić information content (AvgIpc) is 2.89. The lowest BCUT2D eigenvalue weighted by atomic mass is 10.0. The lowest BCUT2D eigenvalue weighted by Gasteiger charge is -2.27. The highest BCUT2D eigenvalue weighted by Crippen LogP contribution is 2.28. The highest BCUT2D eigenvalue weighted by Gasteiger charge is 2.29. The van der Waals surface area contributed by atoms with E-state index in [2.05, 4.69) is 26.2 Å². The third kappa shape index (κ3) is 10.1. The summed E-state index contributed by atoms with van der Waals surface area (Å²) >= 11 is 6.11. The number of benzene rings is 1. The minimum atomic E-state index is -1.04. The highest BCUT2D eigenvalue weighted by molar-refractivity contribution is 6.38. The molecule has 12 heteroatoms. The number of carbonyl (C=O) groups excluding carboxylic acids is 4. The number of methoxy groups -OCH3 is 1. The molecule has 212 valence electrons. The monoisotopic (exact) mass is 553 g/mol. The standard InChI is InChI=1S/C26H40ClN5O6/c1-5-20(22(33)25(35)29-16-18-7-6-8-19(27)23(18)37-4)30-24(34)21(15-17(2)3)31-26(36)28-9-10-32-11-13-38-14-12-32/h6-8,17,20-21H,5,9-16H2,1-4H3,(H,29,35)(H,30,34)(H2,28,31,36). The fourth-order valence-electron chi connectivity index (χ4n) is 4.03. The smallest absolute Gasteiger partial charge is 0.315 e. The summed E-state index contributed by atoms with van der Waals surface area (Å²) < 4.78 is 10.6. The summed E-state index contributed by atoms with van der Waals surface area (Å²) in [4.78, 5) is 53.1. The van der Waals surface area contributed by atoms with E-state index in [1.165, 1.54) is 7.11 Å². The van der Waals surface area contributed by atoms with E-state index in [4.69, 9.17) is 21.1 Å². The number of halogens is 1. The number of hydrogen-bond acceptors (Lipinski definition) is 7. The molecule has 2 rings (SSSR count). The van der Waals surface area contributed by atoms with E-state index < -0.39 is 35.7 Å². The van der Waals surface area contributed by atoms with E-state index in [9.17, 15) is 19.2 Å². The second-order valence-corrected chi connectivity index (χ2v) is 9.89. The third-order valence-electron chi connectivity index (χ3n) is 6.10. The van der Waals surface area contributed by atoms with Gasteiger partial charge in [-0.25, -0.2) is 4.79 Å². The molecule has 1 aliphatic heterocycles. The molecule has 1 aliphatic rings. The average molecular weight is 554 g/mol. The van der Waals surface area contributed by atoms with Crippen molar-refractivity contribution < 1.29 is 28.7 Å². The van der Waals surface area contributed by atoms with Gasteiger partial charge in [0.05, 0.1) is 31.4 Å². The van der Waals surface area contributed by atoms with Crippen LogP contribution in [0.4, 0.5) is 4.79 Å². The highest BCUT2D eigenvalue weighted by atomic mass is 35.5. The van der Waals surface area contributed by atoms with E-state index in [0.29, 0.717) is 49.1 Å². The Morgan fingerprint density at radius 1 is 1.08 bits per heavy atom. The van der Waals surface area contributed by atoms with Gasteiger partial charge in [-0.2, -0.15) is 0 Å². The molecule has 2 unspecified atom stereocenters. The van der Waals surface area contributed by atoms with Gasteiger partial charge in [0, 0.05) is 38.3 Å². The van der Waals surface area contributed by atoms with Crippen LogP contribution in [0.3, 0.4) is 0 Å². The number of rotatable bonds is 14. The number of ether oxygens (including phenoxy) is 2. The van der Waals surface area contributed by atoms with Gasteiger partial charge in [0.1, 0.15) is 11.8 Å².